The minimum Gasteiger partial charge on any atom is -0.314 e. The lowest BCUT2D eigenvalue weighted by Crippen LogP contribution is -2.39. The summed E-state index contributed by atoms with van der Waals surface area (Å²) >= 11 is 0. The van der Waals surface area contributed by atoms with Crippen molar-refractivity contribution in [3.05, 3.63) is 0 Å². The Labute approximate surface area is 96.0 Å². The predicted octanol–water partition coefficient (Wildman–Crippen LogP) is 3.69. The lowest BCUT2D eigenvalue weighted by molar-refractivity contribution is 0.227. The van der Waals surface area contributed by atoms with Crippen LogP contribution in [0.2, 0.25) is 0 Å². The molecule has 0 amide bonds. The van der Waals surface area contributed by atoms with Gasteiger partial charge in [-0.1, -0.05) is 34.6 Å². The van der Waals surface area contributed by atoms with Crippen molar-refractivity contribution in [2.24, 2.45) is 23.7 Å². The van der Waals surface area contributed by atoms with E-state index in [1.807, 2.05) is 0 Å². The van der Waals surface area contributed by atoms with Crippen molar-refractivity contribution in [1.82, 2.24) is 5.32 Å². The first-order valence-electron chi connectivity index (χ1n) is 6.72. The number of hydrogen-bond acceptors (Lipinski definition) is 1. The molecule has 90 valence electrons. The highest BCUT2D eigenvalue weighted by atomic mass is 14.9. The lowest BCUT2D eigenvalue weighted by atomic mass is 9.80. The Balaban J connectivity index is 2.26. The van der Waals surface area contributed by atoms with Crippen LogP contribution in [0.4, 0.5) is 0 Å². The third kappa shape index (κ3) is 4.55. The third-order valence-corrected chi connectivity index (χ3v) is 4.05. The van der Waals surface area contributed by atoms with Crippen molar-refractivity contribution in [2.75, 3.05) is 6.54 Å². The van der Waals surface area contributed by atoms with Gasteiger partial charge in [0.05, 0.1) is 0 Å². The molecule has 3 atom stereocenters. The molecular weight excluding hydrogens is 182 g/mol. The molecule has 0 aromatic rings. The first-order valence-corrected chi connectivity index (χ1v) is 6.72. The van der Waals surface area contributed by atoms with Crippen LogP contribution in [0.15, 0.2) is 0 Å². The summed E-state index contributed by atoms with van der Waals surface area (Å²) in [4.78, 5) is 0. The summed E-state index contributed by atoms with van der Waals surface area (Å²) in [5.74, 6) is 3.44. The van der Waals surface area contributed by atoms with E-state index in [0.717, 1.165) is 29.7 Å². The molecule has 0 radical (unpaired) electrons. The molecule has 0 aromatic heterocycles. The normalized spacial score (nSPS) is 34.4. The van der Waals surface area contributed by atoms with Crippen LogP contribution >= 0.6 is 0 Å². The highest BCUT2D eigenvalue weighted by Crippen LogP contribution is 2.28. The van der Waals surface area contributed by atoms with Crippen LogP contribution < -0.4 is 5.32 Å². The minimum absolute atomic E-state index is 0.782. The molecule has 0 aliphatic heterocycles. The Morgan fingerprint density at radius 2 is 1.53 bits per heavy atom. The molecule has 15 heavy (non-hydrogen) atoms. The zero-order valence-electron chi connectivity index (χ0n) is 11.2. The first-order chi connectivity index (χ1) is 6.99. The molecule has 0 spiro atoms. The molecule has 1 heteroatoms. The summed E-state index contributed by atoms with van der Waals surface area (Å²) in [6.45, 7) is 13.0. The average molecular weight is 211 g/mol. The molecule has 0 saturated heterocycles. The van der Waals surface area contributed by atoms with Crippen LogP contribution in [0.5, 0.6) is 0 Å². The van der Waals surface area contributed by atoms with E-state index in [9.17, 15) is 0 Å². The van der Waals surface area contributed by atoms with Crippen LogP contribution in [0.3, 0.4) is 0 Å². The van der Waals surface area contributed by atoms with Gasteiger partial charge in [-0.05, 0) is 49.5 Å². The number of rotatable bonds is 4. The highest BCUT2D eigenvalue weighted by molar-refractivity contribution is 4.80. The quantitative estimate of drug-likeness (QED) is 0.748. The van der Waals surface area contributed by atoms with Crippen LogP contribution in [0.1, 0.15) is 53.9 Å². The van der Waals surface area contributed by atoms with Crippen molar-refractivity contribution < 1.29 is 0 Å². The van der Waals surface area contributed by atoms with Gasteiger partial charge in [0.15, 0.2) is 0 Å². The molecule has 1 aliphatic carbocycles. The maximum absolute atomic E-state index is 3.76. The van der Waals surface area contributed by atoms with Crippen LogP contribution in [-0.4, -0.2) is 12.6 Å². The summed E-state index contributed by atoms with van der Waals surface area (Å²) in [7, 11) is 0. The van der Waals surface area contributed by atoms with E-state index in [-0.39, 0.29) is 0 Å². The molecule has 1 nitrogen and oxygen atoms in total. The zero-order chi connectivity index (χ0) is 11.4. The second kappa shape index (κ2) is 5.89. The predicted molar refractivity (Wildman–Crippen MR) is 68.0 cm³/mol. The second-order valence-electron chi connectivity index (χ2n) is 6.24. The largest absolute Gasteiger partial charge is 0.314 e. The van der Waals surface area contributed by atoms with Gasteiger partial charge in [0.2, 0.25) is 0 Å². The third-order valence-electron chi connectivity index (χ3n) is 4.05. The fraction of sp³-hybridized carbons (Fsp3) is 1.00. The van der Waals surface area contributed by atoms with Gasteiger partial charge in [0.1, 0.15) is 0 Å². The standard InChI is InChI=1S/C14H29N/c1-10(2)13(5)9-15-14-7-11(3)6-12(4)8-14/h10-15H,6-9H2,1-5H3. The summed E-state index contributed by atoms with van der Waals surface area (Å²) in [5, 5.41) is 3.76. The molecule has 0 heterocycles. The highest BCUT2D eigenvalue weighted by Gasteiger charge is 2.23. The van der Waals surface area contributed by atoms with Crippen molar-refractivity contribution in [3.8, 4) is 0 Å². The molecule has 3 unspecified atom stereocenters. The van der Waals surface area contributed by atoms with Gasteiger partial charge in [-0.2, -0.15) is 0 Å². The van der Waals surface area contributed by atoms with E-state index in [1.54, 1.807) is 0 Å². The van der Waals surface area contributed by atoms with Gasteiger partial charge in [0.25, 0.3) is 0 Å². The van der Waals surface area contributed by atoms with Gasteiger partial charge in [0, 0.05) is 6.04 Å². The van der Waals surface area contributed by atoms with E-state index in [2.05, 4.69) is 39.9 Å². The summed E-state index contributed by atoms with van der Waals surface area (Å²) in [6.07, 6.45) is 4.20. The topological polar surface area (TPSA) is 12.0 Å². The number of nitrogens with one attached hydrogen (secondary N) is 1. The van der Waals surface area contributed by atoms with E-state index in [4.69, 9.17) is 0 Å². The molecule has 1 fully saturated rings. The van der Waals surface area contributed by atoms with Gasteiger partial charge in [-0.25, -0.2) is 0 Å². The molecule has 0 bridgehead atoms. The Bertz CT molecular complexity index is 166. The van der Waals surface area contributed by atoms with Crippen molar-refractivity contribution in [1.29, 1.82) is 0 Å². The average Bonchev–Trinajstić information content (AvgIpc) is 2.12. The molecular formula is C14H29N. The Kier molecular flexibility index (Phi) is 5.11. The van der Waals surface area contributed by atoms with E-state index < -0.39 is 0 Å². The van der Waals surface area contributed by atoms with Crippen LogP contribution in [0.25, 0.3) is 0 Å². The molecule has 1 N–H and O–H groups in total. The molecule has 1 saturated carbocycles. The summed E-state index contributed by atoms with van der Waals surface area (Å²) < 4.78 is 0. The maximum atomic E-state index is 3.76. The fourth-order valence-corrected chi connectivity index (χ4v) is 2.70. The Hall–Kier alpha value is -0.0400. The SMILES string of the molecule is CC1CC(C)CC(NCC(C)C(C)C)C1. The van der Waals surface area contributed by atoms with Gasteiger partial charge >= 0.3 is 0 Å². The maximum Gasteiger partial charge on any atom is 0.00722 e. The molecule has 1 aliphatic rings. The zero-order valence-corrected chi connectivity index (χ0v) is 11.2. The van der Waals surface area contributed by atoms with E-state index in [0.29, 0.717) is 0 Å². The van der Waals surface area contributed by atoms with Gasteiger partial charge in [-0.15, -0.1) is 0 Å². The van der Waals surface area contributed by atoms with Gasteiger partial charge in [-0.3, -0.25) is 0 Å². The molecule has 1 rings (SSSR count). The van der Waals surface area contributed by atoms with Crippen LogP contribution in [-0.2, 0) is 0 Å². The second-order valence-corrected chi connectivity index (χ2v) is 6.24. The van der Waals surface area contributed by atoms with E-state index >= 15 is 0 Å². The number of hydrogen-bond donors (Lipinski definition) is 1. The van der Waals surface area contributed by atoms with Crippen molar-refractivity contribution >= 4 is 0 Å². The summed E-state index contributed by atoms with van der Waals surface area (Å²) in [6, 6.07) is 0.782. The fourth-order valence-electron chi connectivity index (χ4n) is 2.70. The van der Waals surface area contributed by atoms with Crippen molar-refractivity contribution in [2.45, 2.75) is 59.9 Å². The summed E-state index contributed by atoms with van der Waals surface area (Å²) in [5.41, 5.74) is 0. The molecule has 0 aromatic carbocycles. The van der Waals surface area contributed by atoms with E-state index in [1.165, 1.54) is 25.8 Å². The smallest absolute Gasteiger partial charge is 0.00722 e. The monoisotopic (exact) mass is 211 g/mol. The lowest BCUT2D eigenvalue weighted by Gasteiger charge is -2.33. The van der Waals surface area contributed by atoms with Crippen LogP contribution in [0, 0.1) is 23.7 Å². The van der Waals surface area contributed by atoms with Gasteiger partial charge < -0.3 is 5.32 Å². The Morgan fingerprint density at radius 3 is 2.00 bits per heavy atom. The first kappa shape index (κ1) is 13.0. The Morgan fingerprint density at radius 1 is 1.00 bits per heavy atom. The minimum atomic E-state index is 0.782. The van der Waals surface area contributed by atoms with Crippen molar-refractivity contribution in [3.63, 3.8) is 0 Å².